The molecule has 0 bridgehead atoms. The highest BCUT2D eigenvalue weighted by Crippen LogP contribution is 2.37. The van der Waals surface area contributed by atoms with Crippen LogP contribution >= 0.6 is 23.2 Å². The molecule has 1 unspecified atom stereocenters. The number of rotatable bonds is 3. The number of carbonyl (C=O) groups excluding carboxylic acids is 1. The second kappa shape index (κ2) is 7.93. The van der Waals surface area contributed by atoms with Gasteiger partial charge in [0.2, 0.25) is 5.91 Å². The van der Waals surface area contributed by atoms with E-state index in [0.717, 1.165) is 11.1 Å². The van der Waals surface area contributed by atoms with Gasteiger partial charge in [0.25, 0.3) is 5.56 Å². The molecule has 1 atom stereocenters. The van der Waals surface area contributed by atoms with Gasteiger partial charge >= 0.3 is 0 Å². The number of nitrogens with one attached hydrogen (secondary N) is 2. The Bertz CT molecular complexity index is 1230. The molecule has 0 spiro atoms. The smallest absolute Gasteiger partial charge is 0.256 e. The van der Waals surface area contributed by atoms with Crippen molar-refractivity contribution in [2.45, 2.75) is 26.3 Å². The highest BCUT2D eigenvalue weighted by molar-refractivity contribution is 6.35. The Morgan fingerprint density at radius 3 is 2.80 bits per heavy atom. The van der Waals surface area contributed by atoms with Gasteiger partial charge in [-0.3, -0.25) is 9.59 Å². The molecule has 30 heavy (non-hydrogen) atoms. The maximum atomic E-state index is 14.5. The Morgan fingerprint density at radius 2 is 2.03 bits per heavy atom. The molecule has 156 valence electrons. The van der Waals surface area contributed by atoms with E-state index >= 15 is 0 Å². The monoisotopic (exact) mass is 447 g/mol. The number of benzene rings is 2. The summed E-state index contributed by atoms with van der Waals surface area (Å²) in [5, 5.41) is 4.87. The second-order valence-corrected chi connectivity index (χ2v) is 8.37. The quantitative estimate of drug-likeness (QED) is 0.603. The predicted octanol–water partition coefficient (Wildman–Crippen LogP) is 4.84. The summed E-state index contributed by atoms with van der Waals surface area (Å²) in [5.41, 5.74) is 2.45. The lowest BCUT2D eigenvalue weighted by molar-refractivity contribution is -0.131. The number of H-pyrrole nitrogens is 1. The van der Waals surface area contributed by atoms with Crippen LogP contribution in [0, 0.1) is 12.7 Å². The van der Waals surface area contributed by atoms with Crippen molar-refractivity contribution in [3.8, 4) is 0 Å². The van der Waals surface area contributed by atoms with Crippen LogP contribution in [-0.4, -0.2) is 28.9 Å². The van der Waals surface area contributed by atoms with Crippen LogP contribution in [0.5, 0.6) is 0 Å². The molecule has 0 saturated heterocycles. The number of anilines is 1. The number of amides is 1. The molecule has 0 radical (unpaired) electrons. The maximum absolute atomic E-state index is 14.5. The largest absolute Gasteiger partial charge is 0.374 e. The number of aryl methyl sites for hydroxylation is 1. The van der Waals surface area contributed by atoms with E-state index in [1.165, 1.54) is 6.07 Å². The van der Waals surface area contributed by atoms with Gasteiger partial charge < -0.3 is 15.2 Å². The molecule has 2 heterocycles. The molecule has 0 saturated carbocycles. The zero-order chi connectivity index (χ0) is 21.6. The molecule has 2 N–H and O–H groups in total. The number of nitrogens with zero attached hydrogens (tertiary/aromatic N) is 1. The highest BCUT2D eigenvalue weighted by atomic mass is 35.5. The maximum Gasteiger partial charge on any atom is 0.256 e. The third-order valence-corrected chi connectivity index (χ3v) is 6.04. The molecule has 0 aliphatic carbocycles. The summed E-state index contributed by atoms with van der Waals surface area (Å²) < 4.78 is 14.5. The zero-order valence-corrected chi connectivity index (χ0v) is 18.0. The van der Waals surface area contributed by atoms with Gasteiger partial charge in [0, 0.05) is 22.3 Å². The van der Waals surface area contributed by atoms with Crippen LogP contribution in [0.4, 0.5) is 10.1 Å². The van der Waals surface area contributed by atoms with Crippen molar-refractivity contribution in [2.24, 2.45) is 0 Å². The average molecular weight is 448 g/mol. The Kier molecular flexibility index (Phi) is 5.47. The number of carbonyl (C=O) groups is 1. The third kappa shape index (κ3) is 3.77. The topological polar surface area (TPSA) is 65.2 Å². The van der Waals surface area contributed by atoms with E-state index in [4.69, 9.17) is 23.2 Å². The molecule has 1 aromatic heterocycles. The molecular weight excluding hydrogens is 428 g/mol. The van der Waals surface area contributed by atoms with Gasteiger partial charge in [0.1, 0.15) is 5.82 Å². The van der Waals surface area contributed by atoms with Crippen LogP contribution in [0.15, 0.2) is 35.1 Å². The first-order valence-electron chi connectivity index (χ1n) is 9.59. The van der Waals surface area contributed by atoms with Crippen LogP contribution in [0.3, 0.4) is 0 Å². The van der Waals surface area contributed by atoms with Crippen molar-refractivity contribution in [1.82, 2.24) is 9.88 Å². The normalized spacial score (nSPS) is 15.9. The summed E-state index contributed by atoms with van der Waals surface area (Å²) in [6.07, 6.45) is 0.651. The van der Waals surface area contributed by atoms with E-state index in [9.17, 15) is 14.0 Å². The molecule has 2 aromatic carbocycles. The van der Waals surface area contributed by atoms with Crippen LogP contribution in [0.1, 0.15) is 29.8 Å². The molecule has 1 amide bonds. The number of pyridine rings is 1. The first kappa shape index (κ1) is 20.7. The fourth-order valence-electron chi connectivity index (χ4n) is 4.07. The lowest BCUT2D eigenvalue weighted by atomic mass is 9.93. The van der Waals surface area contributed by atoms with Gasteiger partial charge in [-0.1, -0.05) is 23.2 Å². The SMILES string of the molecule is Cc1cc2cc(NCC(=O)N3CCc4cc(Cl)cc(Cl)c4C3C)c(F)cc2c(=O)[nH]1. The van der Waals surface area contributed by atoms with Gasteiger partial charge in [-0.05, 0) is 67.1 Å². The molecule has 0 fully saturated rings. The number of aromatic amines is 1. The molecule has 8 heteroatoms. The first-order chi connectivity index (χ1) is 14.2. The van der Waals surface area contributed by atoms with Crippen LogP contribution in [0.25, 0.3) is 10.8 Å². The number of fused-ring (bicyclic) bond motifs is 2. The second-order valence-electron chi connectivity index (χ2n) is 7.53. The molecule has 5 nitrogen and oxygen atoms in total. The summed E-state index contributed by atoms with van der Waals surface area (Å²) in [6.45, 7) is 4.13. The lowest BCUT2D eigenvalue weighted by Crippen LogP contribution is -2.42. The molecule has 3 aromatic rings. The third-order valence-electron chi connectivity index (χ3n) is 5.50. The van der Waals surface area contributed by atoms with Gasteiger partial charge in [-0.15, -0.1) is 0 Å². The van der Waals surface area contributed by atoms with Crippen molar-refractivity contribution in [1.29, 1.82) is 0 Å². The van der Waals surface area contributed by atoms with Crippen molar-refractivity contribution >= 4 is 45.6 Å². The van der Waals surface area contributed by atoms with Crippen molar-refractivity contribution in [3.05, 3.63) is 73.4 Å². The Morgan fingerprint density at radius 1 is 1.27 bits per heavy atom. The van der Waals surface area contributed by atoms with Crippen molar-refractivity contribution in [3.63, 3.8) is 0 Å². The minimum Gasteiger partial charge on any atom is -0.374 e. The van der Waals surface area contributed by atoms with E-state index in [-0.39, 0.29) is 35.1 Å². The predicted molar refractivity (Wildman–Crippen MR) is 118 cm³/mol. The van der Waals surface area contributed by atoms with Gasteiger partial charge in [0.15, 0.2) is 0 Å². The first-order valence-corrected chi connectivity index (χ1v) is 10.3. The van der Waals surface area contributed by atoms with E-state index < -0.39 is 5.82 Å². The molecule has 1 aliphatic rings. The highest BCUT2D eigenvalue weighted by Gasteiger charge is 2.29. The summed E-state index contributed by atoms with van der Waals surface area (Å²) in [4.78, 5) is 29.2. The molecule has 4 rings (SSSR count). The summed E-state index contributed by atoms with van der Waals surface area (Å²) in [7, 11) is 0. The minimum absolute atomic E-state index is 0.0739. The number of aromatic nitrogens is 1. The van der Waals surface area contributed by atoms with Gasteiger partial charge in [0.05, 0.1) is 23.7 Å². The van der Waals surface area contributed by atoms with Gasteiger partial charge in [-0.2, -0.15) is 0 Å². The van der Waals surface area contributed by atoms with Crippen LogP contribution in [-0.2, 0) is 11.2 Å². The minimum atomic E-state index is -0.584. The number of hydrogen-bond donors (Lipinski definition) is 2. The molecular formula is C22H20Cl2FN3O2. The van der Waals surface area contributed by atoms with Gasteiger partial charge in [-0.25, -0.2) is 4.39 Å². The van der Waals surface area contributed by atoms with E-state index in [1.807, 2.05) is 13.0 Å². The zero-order valence-electron chi connectivity index (χ0n) is 16.5. The Balaban J connectivity index is 1.54. The van der Waals surface area contributed by atoms with Crippen molar-refractivity contribution < 1.29 is 9.18 Å². The summed E-state index contributed by atoms with van der Waals surface area (Å²) in [6, 6.07) is 7.85. The Labute approximate surface area is 182 Å². The fourth-order valence-corrected chi connectivity index (χ4v) is 4.77. The van der Waals surface area contributed by atoms with Crippen LogP contribution in [0.2, 0.25) is 10.0 Å². The summed E-state index contributed by atoms with van der Waals surface area (Å²) >= 11 is 12.5. The van der Waals surface area contributed by atoms with E-state index in [2.05, 4.69) is 10.3 Å². The summed E-state index contributed by atoms with van der Waals surface area (Å²) in [5.74, 6) is -0.750. The van der Waals surface area contributed by atoms with Crippen molar-refractivity contribution in [2.75, 3.05) is 18.4 Å². The fraction of sp³-hybridized carbons (Fsp3) is 0.273. The average Bonchev–Trinajstić information content (AvgIpc) is 2.66. The lowest BCUT2D eigenvalue weighted by Gasteiger charge is -2.36. The number of hydrogen-bond acceptors (Lipinski definition) is 3. The van der Waals surface area contributed by atoms with Crippen LogP contribution < -0.4 is 10.9 Å². The standard InChI is InChI=1S/C22H20Cl2FN3O2/c1-11-5-14-7-19(18(25)9-16(14)22(30)27-11)26-10-20(29)28-4-3-13-6-15(23)8-17(24)21(13)12(28)2/h5-9,12,26H,3-4,10H2,1-2H3,(H,27,30). The Hall–Kier alpha value is -2.57. The number of halogens is 3. The molecule has 1 aliphatic heterocycles. The van der Waals surface area contributed by atoms with E-state index in [0.29, 0.717) is 34.1 Å². The van der Waals surface area contributed by atoms with E-state index in [1.54, 1.807) is 30.0 Å².